The van der Waals surface area contributed by atoms with Crippen molar-refractivity contribution in [3.63, 3.8) is 0 Å². The highest BCUT2D eigenvalue weighted by atomic mass is 79.9. The number of amides is 1. The largest absolute Gasteiger partial charge is 0.337 e. The molecule has 1 atom stereocenters. The number of nitrogens with zero attached hydrogens (tertiary/aromatic N) is 3. The van der Waals surface area contributed by atoms with Gasteiger partial charge in [-0.3, -0.25) is 4.79 Å². The van der Waals surface area contributed by atoms with Gasteiger partial charge in [-0.05, 0) is 42.7 Å². The quantitative estimate of drug-likeness (QED) is 0.637. The minimum absolute atomic E-state index is 0.0992. The lowest BCUT2D eigenvalue weighted by atomic mass is 10.1. The average molecular weight is 412 g/mol. The first-order valence-corrected chi connectivity index (χ1v) is 9.43. The van der Waals surface area contributed by atoms with Crippen LogP contribution in [0.15, 0.2) is 63.6 Å². The van der Waals surface area contributed by atoms with Crippen molar-refractivity contribution < 1.29 is 9.32 Å². The standard InChI is InChI=1S/C20H18BrN3O2/c21-16-10-8-15(9-11-16)19-22-20(26-23-19)17-7-4-12-24(17)18(25)13-14-5-2-1-3-6-14/h1-3,5-6,8-11,17H,4,7,12-13H2. The number of likely N-dealkylation sites (tertiary alicyclic amines) is 1. The van der Waals surface area contributed by atoms with Crippen LogP contribution >= 0.6 is 15.9 Å². The van der Waals surface area contributed by atoms with E-state index < -0.39 is 0 Å². The van der Waals surface area contributed by atoms with E-state index in [1.807, 2.05) is 59.5 Å². The normalized spacial score (nSPS) is 16.8. The predicted octanol–water partition coefficient (Wildman–Crippen LogP) is 4.41. The Bertz CT molecular complexity index is 893. The second-order valence-corrected chi connectivity index (χ2v) is 7.29. The molecule has 132 valence electrons. The smallest absolute Gasteiger partial charge is 0.249 e. The summed E-state index contributed by atoms with van der Waals surface area (Å²) in [5, 5.41) is 4.10. The van der Waals surface area contributed by atoms with Gasteiger partial charge in [0.2, 0.25) is 17.6 Å². The molecule has 0 N–H and O–H groups in total. The minimum Gasteiger partial charge on any atom is -0.337 e. The van der Waals surface area contributed by atoms with Crippen molar-refractivity contribution in [1.29, 1.82) is 0 Å². The monoisotopic (exact) mass is 411 g/mol. The Kier molecular flexibility index (Phi) is 4.84. The Hall–Kier alpha value is -2.47. The second kappa shape index (κ2) is 7.41. The van der Waals surface area contributed by atoms with Crippen LogP contribution in [0.3, 0.4) is 0 Å². The summed E-state index contributed by atoms with van der Waals surface area (Å²) in [4.78, 5) is 19.2. The molecule has 5 nitrogen and oxygen atoms in total. The summed E-state index contributed by atoms with van der Waals surface area (Å²) in [7, 11) is 0. The average Bonchev–Trinajstić information content (AvgIpc) is 3.32. The predicted molar refractivity (Wildman–Crippen MR) is 101 cm³/mol. The van der Waals surface area contributed by atoms with Gasteiger partial charge in [-0.25, -0.2) is 0 Å². The molecule has 2 heterocycles. The first kappa shape index (κ1) is 17.0. The lowest BCUT2D eigenvalue weighted by Gasteiger charge is -2.21. The third-order valence-electron chi connectivity index (χ3n) is 4.60. The lowest BCUT2D eigenvalue weighted by molar-refractivity contribution is -0.131. The van der Waals surface area contributed by atoms with E-state index in [-0.39, 0.29) is 11.9 Å². The zero-order chi connectivity index (χ0) is 17.9. The van der Waals surface area contributed by atoms with Crippen molar-refractivity contribution in [3.8, 4) is 11.4 Å². The molecule has 0 spiro atoms. The summed E-state index contributed by atoms with van der Waals surface area (Å²) in [6, 6.07) is 17.4. The van der Waals surface area contributed by atoms with Crippen molar-refractivity contribution in [1.82, 2.24) is 15.0 Å². The maximum atomic E-state index is 12.7. The molecule has 6 heteroatoms. The maximum Gasteiger partial charge on any atom is 0.249 e. The SMILES string of the molecule is O=C(Cc1ccccc1)N1CCCC1c1nc(-c2ccc(Br)cc2)no1. The molecule has 3 aromatic rings. The Morgan fingerprint density at radius 3 is 2.69 bits per heavy atom. The number of carbonyl (C=O) groups is 1. The number of carbonyl (C=O) groups excluding carboxylic acids is 1. The first-order valence-electron chi connectivity index (χ1n) is 8.63. The molecular weight excluding hydrogens is 394 g/mol. The number of hydrogen-bond acceptors (Lipinski definition) is 4. The molecule has 0 aliphatic carbocycles. The summed E-state index contributed by atoms with van der Waals surface area (Å²) in [6.45, 7) is 0.729. The summed E-state index contributed by atoms with van der Waals surface area (Å²) >= 11 is 3.42. The highest BCUT2D eigenvalue weighted by Gasteiger charge is 2.34. The van der Waals surface area contributed by atoms with Crippen LogP contribution in [-0.2, 0) is 11.2 Å². The van der Waals surface area contributed by atoms with Gasteiger partial charge in [0, 0.05) is 16.6 Å². The van der Waals surface area contributed by atoms with Gasteiger partial charge in [-0.15, -0.1) is 0 Å². The van der Waals surface area contributed by atoms with Crippen LogP contribution in [-0.4, -0.2) is 27.5 Å². The molecular formula is C20H18BrN3O2. The molecule has 2 aromatic carbocycles. The van der Waals surface area contributed by atoms with Gasteiger partial charge in [-0.2, -0.15) is 4.98 Å². The van der Waals surface area contributed by atoms with E-state index in [0.717, 1.165) is 35.0 Å². The van der Waals surface area contributed by atoms with Crippen LogP contribution < -0.4 is 0 Å². The van der Waals surface area contributed by atoms with Crippen molar-refractivity contribution in [3.05, 3.63) is 70.5 Å². The Morgan fingerprint density at radius 2 is 1.92 bits per heavy atom. The number of hydrogen-bond donors (Lipinski definition) is 0. The molecule has 1 amide bonds. The highest BCUT2D eigenvalue weighted by molar-refractivity contribution is 9.10. The Morgan fingerprint density at radius 1 is 1.15 bits per heavy atom. The van der Waals surface area contributed by atoms with Crippen LogP contribution in [0.25, 0.3) is 11.4 Å². The summed E-state index contributed by atoms with van der Waals surface area (Å²) < 4.78 is 6.50. The molecule has 1 aromatic heterocycles. The van der Waals surface area contributed by atoms with Crippen LogP contribution in [0.5, 0.6) is 0 Å². The van der Waals surface area contributed by atoms with Gasteiger partial charge in [-0.1, -0.05) is 51.4 Å². The Labute approximate surface area is 160 Å². The van der Waals surface area contributed by atoms with Gasteiger partial charge in [0.25, 0.3) is 0 Å². The zero-order valence-corrected chi connectivity index (χ0v) is 15.7. The fourth-order valence-electron chi connectivity index (χ4n) is 3.28. The van der Waals surface area contributed by atoms with E-state index >= 15 is 0 Å². The molecule has 1 aliphatic rings. The highest BCUT2D eigenvalue weighted by Crippen LogP contribution is 2.32. The fourth-order valence-corrected chi connectivity index (χ4v) is 3.55. The third kappa shape index (κ3) is 3.55. The number of aromatic nitrogens is 2. The van der Waals surface area contributed by atoms with E-state index in [1.165, 1.54) is 0 Å². The molecule has 1 aliphatic heterocycles. The van der Waals surface area contributed by atoms with Gasteiger partial charge >= 0.3 is 0 Å². The van der Waals surface area contributed by atoms with Crippen molar-refractivity contribution in [2.75, 3.05) is 6.54 Å². The topological polar surface area (TPSA) is 59.2 Å². The van der Waals surface area contributed by atoms with E-state index in [4.69, 9.17) is 4.52 Å². The molecule has 1 unspecified atom stereocenters. The molecule has 1 fully saturated rings. The Balaban J connectivity index is 1.51. The van der Waals surface area contributed by atoms with Crippen molar-refractivity contribution in [2.45, 2.75) is 25.3 Å². The molecule has 26 heavy (non-hydrogen) atoms. The van der Waals surface area contributed by atoms with Gasteiger partial charge < -0.3 is 9.42 Å². The molecule has 4 rings (SSSR count). The van der Waals surface area contributed by atoms with Gasteiger partial charge in [0.1, 0.15) is 6.04 Å². The van der Waals surface area contributed by atoms with E-state index in [2.05, 4.69) is 26.1 Å². The molecule has 0 bridgehead atoms. The van der Waals surface area contributed by atoms with E-state index in [1.54, 1.807) is 0 Å². The van der Waals surface area contributed by atoms with Crippen LogP contribution in [0, 0.1) is 0 Å². The summed E-state index contributed by atoms with van der Waals surface area (Å²) in [5.41, 5.74) is 1.91. The number of benzene rings is 2. The zero-order valence-electron chi connectivity index (χ0n) is 14.1. The second-order valence-electron chi connectivity index (χ2n) is 6.37. The maximum absolute atomic E-state index is 12.7. The van der Waals surface area contributed by atoms with Gasteiger partial charge in [0.15, 0.2) is 0 Å². The van der Waals surface area contributed by atoms with Crippen LogP contribution in [0.4, 0.5) is 0 Å². The van der Waals surface area contributed by atoms with Crippen molar-refractivity contribution in [2.24, 2.45) is 0 Å². The fraction of sp³-hybridized carbons (Fsp3) is 0.250. The summed E-state index contributed by atoms with van der Waals surface area (Å²) in [5.74, 6) is 1.17. The van der Waals surface area contributed by atoms with Crippen LogP contribution in [0.2, 0.25) is 0 Å². The van der Waals surface area contributed by atoms with Crippen molar-refractivity contribution >= 4 is 21.8 Å². The van der Waals surface area contributed by atoms with E-state index in [0.29, 0.717) is 18.1 Å². The van der Waals surface area contributed by atoms with E-state index in [9.17, 15) is 4.79 Å². The minimum atomic E-state index is -0.136. The molecule has 1 saturated heterocycles. The first-order chi connectivity index (χ1) is 12.7. The third-order valence-corrected chi connectivity index (χ3v) is 5.13. The van der Waals surface area contributed by atoms with Gasteiger partial charge in [0.05, 0.1) is 6.42 Å². The number of halogens is 1. The van der Waals surface area contributed by atoms with Crippen LogP contribution in [0.1, 0.15) is 30.3 Å². The lowest BCUT2D eigenvalue weighted by Crippen LogP contribution is -2.32. The molecule has 0 radical (unpaired) electrons. The number of rotatable bonds is 4. The molecule has 0 saturated carbocycles. The summed E-state index contributed by atoms with van der Waals surface area (Å²) in [6.07, 6.45) is 2.19.